The Bertz CT molecular complexity index is 1110. The van der Waals surface area contributed by atoms with Crippen LogP contribution in [0.3, 0.4) is 0 Å². The standard InChI is InChI=1S/C23H28N6O3/c1-4-32-23(31)16-7-9-18(10-8-16)24-22(30)17-6-5-13-28(14-17)20-12-11-19-25-26-21(15(2)3)29(19)27-20/h7-12,15,17H,4-6,13-14H2,1-3H3,(H,24,30)/t17-/m0/s1. The van der Waals surface area contributed by atoms with E-state index in [1.54, 1.807) is 35.7 Å². The molecule has 4 rings (SSSR count). The van der Waals surface area contributed by atoms with Crippen LogP contribution in [0.2, 0.25) is 0 Å². The fourth-order valence-corrected chi connectivity index (χ4v) is 3.87. The quantitative estimate of drug-likeness (QED) is 0.592. The summed E-state index contributed by atoms with van der Waals surface area (Å²) in [6.45, 7) is 7.65. The van der Waals surface area contributed by atoms with Crippen LogP contribution in [0.4, 0.5) is 11.5 Å². The third-order valence-electron chi connectivity index (χ3n) is 5.57. The van der Waals surface area contributed by atoms with Gasteiger partial charge in [0.05, 0.1) is 18.1 Å². The molecule has 1 aliphatic rings. The van der Waals surface area contributed by atoms with E-state index in [1.165, 1.54) is 0 Å². The lowest BCUT2D eigenvalue weighted by Gasteiger charge is -2.32. The second-order valence-electron chi connectivity index (χ2n) is 8.25. The van der Waals surface area contributed by atoms with Crippen LogP contribution in [-0.2, 0) is 9.53 Å². The first-order chi connectivity index (χ1) is 15.5. The molecule has 3 aromatic rings. The van der Waals surface area contributed by atoms with Gasteiger partial charge in [0.2, 0.25) is 5.91 Å². The van der Waals surface area contributed by atoms with E-state index in [9.17, 15) is 9.59 Å². The Morgan fingerprint density at radius 1 is 1.16 bits per heavy atom. The summed E-state index contributed by atoms with van der Waals surface area (Å²) in [5.74, 6) is 1.28. The summed E-state index contributed by atoms with van der Waals surface area (Å²) in [6.07, 6.45) is 1.72. The average molecular weight is 437 g/mol. The second kappa shape index (κ2) is 9.33. The summed E-state index contributed by atoms with van der Waals surface area (Å²) in [5, 5.41) is 16.1. The number of amides is 1. The Morgan fingerprint density at radius 3 is 2.66 bits per heavy atom. The van der Waals surface area contributed by atoms with Crippen LogP contribution in [0.5, 0.6) is 0 Å². The predicted octanol–water partition coefficient (Wildman–Crippen LogP) is 3.28. The highest BCUT2D eigenvalue weighted by molar-refractivity contribution is 5.94. The third-order valence-corrected chi connectivity index (χ3v) is 5.57. The van der Waals surface area contributed by atoms with Gasteiger partial charge in [-0.2, -0.15) is 4.52 Å². The number of rotatable bonds is 6. The maximum atomic E-state index is 12.9. The topological polar surface area (TPSA) is 102 Å². The number of esters is 1. The van der Waals surface area contributed by atoms with Crippen molar-refractivity contribution in [3.8, 4) is 0 Å². The van der Waals surface area contributed by atoms with Crippen molar-refractivity contribution in [2.45, 2.75) is 39.5 Å². The van der Waals surface area contributed by atoms with Gasteiger partial charge in [0, 0.05) is 24.7 Å². The SMILES string of the molecule is CCOC(=O)c1ccc(NC(=O)[C@H]2CCCN(c3ccc4nnc(C(C)C)n4n3)C2)cc1. The second-order valence-corrected chi connectivity index (χ2v) is 8.25. The van der Waals surface area contributed by atoms with Gasteiger partial charge in [0.25, 0.3) is 0 Å². The number of nitrogens with one attached hydrogen (secondary N) is 1. The molecule has 168 valence electrons. The molecule has 32 heavy (non-hydrogen) atoms. The summed E-state index contributed by atoms with van der Waals surface area (Å²) in [7, 11) is 0. The maximum absolute atomic E-state index is 12.9. The Morgan fingerprint density at radius 2 is 1.94 bits per heavy atom. The molecule has 1 fully saturated rings. The molecule has 0 saturated carbocycles. The van der Waals surface area contributed by atoms with Crippen LogP contribution in [0.25, 0.3) is 5.65 Å². The Labute approximate surface area is 186 Å². The first-order valence-electron chi connectivity index (χ1n) is 11.0. The van der Waals surface area contributed by atoms with Crippen molar-refractivity contribution in [2.75, 3.05) is 29.9 Å². The van der Waals surface area contributed by atoms with E-state index in [1.807, 2.05) is 12.1 Å². The number of fused-ring (bicyclic) bond motifs is 1. The monoisotopic (exact) mass is 436 g/mol. The van der Waals surface area contributed by atoms with E-state index < -0.39 is 0 Å². The molecular formula is C23H28N6O3. The fourth-order valence-electron chi connectivity index (χ4n) is 3.87. The third kappa shape index (κ3) is 4.56. The van der Waals surface area contributed by atoms with Crippen molar-refractivity contribution in [2.24, 2.45) is 5.92 Å². The first-order valence-corrected chi connectivity index (χ1v) is 11.0. The maximum Gasteiger partial charge on any atom is 0.338 e. The van der Waals surface area contributed by atoms with E-state index in [0.717, 1.165) is 36.7 Å². The van der Waals surface area contributed by atoms with E-state index >= 15 is 0 Å². The van der Waals surface area contributed by atoms with Crippen molar-refractivity contribution >= 4 is 29.0 Å². The summed E-state index contributed by atoms with van der Waals surface area (Å²) in [6, 6.07) is 10.6. The molecule has 1 atom stereocenters. The molecule has 3 heterocycles. The molecule has 9 heteroatoms. The van der Waals surface area contributed by atoms with E-state index in [0.29, 0.717) is 24.4 Å². The minimum atomic E-state index is -0.369. The Balaban J connectivity index is 1.43. The molecule has 1 N–H and O–H groups in total. The van der Waals surface area contributed by atoms with E-state index in [-0.39, 0.29) is 23.7 Å². The van der Waals surface area contributed by atoms with Gasteiger partial charge in [0.15, 0.2) is 11.5 Å². The summed E-state index contributed by atoms with van der Waals surface area (Å²) < 4.78 is 6.78. The minimum Gasteiger partial charge on any atom is -0.462 e. The molecule has 9 nitrogen and oxygen atoms in total. The Kier molecular flexibility index (Phi) is 6.34. The molecule has 0 radical (unpaired) electrons. The zero-order chi connectivity index (χ0) is 22.7. The van der Waals surface area contributed by atoms with E-state index in [2.05, 4.69) is 34.3 Å². The fraction of sp³-hybridized carbons (Fsp3) is 0.435. The van der Waals surface area contributed by atoms with Crippen LogP contribution in [0.1, 0.15) is 55.7 Å². The minimum absolute atomic E-state index is 0.0353. The molecule has 2 aromatic heterocycles. The Hall–Kier alpha value is -3.49. The predicted molar refractivity (Wildman–Crippen MR) is 121 cm³/mol. The zero-order valence-electron chi connectivity index (χ0n) is 18.6. The van der Waals surface area contributed by atoms with Gasteiger partial charge in [-0.15, -0.1) is 15.3 Å². The van der Waals surface area contributed by atoms with E-state index in [4.69, 9.17) is 9.84 Å². The number of hydrogen-bond donors (Lipinski definition) is 1. The number of carbonyl (C=O) groups is 2. The number of hydrogen-bond acceptors (Lipinski definition) is 7. The van der Waals surface area contributed by atoms with Crippen molar-refractivity contribution < 1.29 is 14.3 Å². The van der Waals surface area contributed by atoms with Gasteiger partial charge < -0.3 is 15.0 Å². The number of piperidine rings is 1. The van der Waals surface area contributed by atoms with Crippen LogP contribution in [0, 0.1) is 5.92 Å². The summed E-state index contributed by atoms with van der Waals surface area (Å²) >= 11 is 0. The lowest BCUT2D eigenvalue weighted by atomic mass is 9.97. The molecule has 0 unspecified atom stereocenters. The molecule has 1 amide bonds. The van der Waals surface area contributed by atoms with Crippen molar-refractivity contribution in [3.05, 3.63) is 47.8 Å². The summed E-state index contributed by atoms with van der Waals surface area (Å²) in [5.41, 5.74) is 1.84. The average Bonchev–Trinajstić information content (AvgIpc) is 3.23. The van der Waals surface area contributed by atoms with Crippen molar-refractivity contribution in [1.29, 1.82) is 0 Å². The number of anilines is 2. The van der Waals surface area contributed by atoms with Gasteiger partial charge in [-0.1, -0.05) is 13.8 Å². The number of carbonyl (C=O) groups excluding carboxylic acids is 2. The molecule has 1 aliphatic heterocycles. The number of nitrogens with zero attached hydrogens (tertiary/aromatic N) is 5. The normalized spacial score (nSPS) is 16.4. The van der Waals surface area contributed by atoms with Gasteiger partial charge >= 0.3 is 5.97 Å². The largest absolute Gasteiger partial charge is 0.462 e. The highest BCUT2D eigenvalue weighted by Gasteiger charge is 2.27. The lowest BCUT2D eigenvalue weighted by molar-refractivity contribution is -0.120. The van der Waals surface area contributed by atoms with Gasteiger partial charge in [-0.05, 0) is 56.2 Å². The smallest absolute Gasteiger partial charge is 0.338 e. The van der Waals surface area contributed by atoms with Crippen LogP contribution >= 0.6 is 0 Å². The van der Waals surface area contributed by atoms with Crippen LogP contribution in [-0.4, -0.2) is 51.4 Å². The molecule has 0 aliphatic carbocycles. The molecule has 0 spiro atoms. The van der Waals surface area contributed by atoms with Gasteiger partial charge in [-0.3, -0.25) is 4.79 Å². The van der Waals surface area contributed by atoms with Crippen LogP contribution < -0.4 is 10.2 Å². The van der Waals surface area contributed by atoms with Crippen LogP contribution in [0.15, 0.2) is 36.4 Å². The van der Waals surface area contributed by atoms with Crippen molar-refractivity contribution in [1.82, 2.24) is 19.8 Å². The number of aromatic nitrogens is 4. The molecular weight excluding hydrogens is 408 g/mol. The number of ether oxygens (including phenoxy) is 1. The molecule has 0 bridgehead atoms. The first kappa shape index (κ1) is 21.7. The molecule has 1 saturated heterocycles. The van der Waals surface area contributed by atoms with Gasteiger partial charge in [-0.25, -0.2) is 4.79 Å². The lowest BCUT2D eigenvalue weighted by Crippen LogP contribution is -2.41. The zero-order valence-corrected chi connectivity index (χ0v) is 18.6. The summed E-state index contributed by atoms with van der Waals surface area (Å²) in [4.78, 5) is 26.8. The van der Waals surface area contributed by atoms with Crippen molar-refractivity contribution in [3.63, 3.8) is 0 Å². The molecule has 1 aromatic carbocycles. The van der Waals surface area contributed by atoms with Gasteiger partial charge in [0.1, 0.15) is 5.82 Å². The number of benzene rings is 1. The highest BCUT2D eigenvalue weighted by Crippen LogP contribution is 2.24. The highest BCUT2D eigenvalue weighted by atomic mass is 16.5.